The van der Waals surface area contributed by atoms with Gasteiger partial charge in [-0.2, -0.15) is 9.40 Å². The van der Waals surface area contributed by atoms with Gasteiger partial charge in [0.2, 0.25) is 10.0 Å². The van der Waals surface area contributed by atoms with Crippen LogP contribution < -0.4 is 5.32 Å². The van der Waals surface area contributed by atoms with Crippen molar-refractivity contribution in [3.63, 3.8) is 0 Å². The number of sulfonamides is 1. The summed E-state index contributed by atoms with van der Waals surface area (Å²) in [7, 11) is -3.42. The fourth-order valence-corrected chi connectivity index (χ4v) is 3.65. The van der Waals surface area contributed by atoms with Gasteiger partial charge < -0.3 is 5.32 Å². The van der Waals surface area contributed by atoms with E-state index >= 15 is 0 Å². The third kappa shape index (κ3) is 3.47. The van der Waals surface area contributed by atoms with Crippen LogP contribution in [0.5, 0.6) is 0 Å². The average molecular weight is 298 g/mol. The molecule has 0 saturated carbocycles. The van der Waals surface area contributed by atoms with Gasteiger partial charge in [0.15, 0.2) is 0 Å². The van der Waals surface area contributed by atoms with E-state index in [1.165, 1.54) is 10.5 Å². The summed E-state index contributed by atoms with van der Waals surface area (Å²) in [6.45, 7) is 7.36. The molecule has 0 bridgehead atoms. The van der Waals surface area contributed by atoms with Gasteiger partial charge in [-0.1, -0.05) is 18.6 Å². The minimum Gasteiger partial charge on any atom is -0.315 e. The van der Waals surface area contributed by atoms with Gasteiger partial charge in [-0.15, -0.1) is 0 Å². The lowest BCUT2D eigenvalue weighted by Gasteiger charge is -2.24. The number of aromatic nitrogens is 2. The molecule has 7 heteroatoms. The summed E-state index contributed by atoms with van der Waals surface area (Å²) in [5.41, 5.74) is 1.10. The summed E-state index contributed by atoms with van der Waals surface area (Å²) >= 11 is 0. The monoisotopic (exact) mass is 298 g/mol. The first kappa shape index (κ1) is 15.2. The highest BCUT2D eigenvalue weighted by atomic mass is 32.2. The Bertz CT molecular complexity index is 577. The Balaban J connectivity index is 2.08. The second-order valence-electron chi connectivity index (χ2n) is 4.97. The Morgan fingerprint density at radius 1 is 1.45 bits per heavy atom. The number of nitrogens with one attached hydrogen (secondary N) is 1. The molecule has 0 saturated heterocycles. The molecule has 0 amide bonds. The Labute approximate surface area is 120 Å². The standard InChI is InChI=1S/C13H22N4O2S/c1-3-14-6-8-16-11-13(9-15-16)20(18,19)17-7-4-5-12(2)10-17/h5,9,11,14H,3-4,6-8,10H2,1-2H3. The van der Waals surface area contributed by atoms with Crippen molar-refractivity contribution < 1.29 is 8.42 Å². The van der Waals surface area contributed by atoms with Gasteiger partial charge in [0.1, 0.15) is 4.90 Å². The van der Waals surface area contributed by atoms with E-state index in [2.05, 4.69) is 16.5 Å². The van der Waals surface area contributed by atoms with Gasteiger partial charge in [-0.05, 0) is 19.9 Å². The Morgan fingerprint density at radius 3 is 2.95 bits per heavy atom. The minimum absolute atomic E-state index is 0.281. The fourth-order valence-electron chi connectivity index (χ4n) is 2.20. The highest BCUT2D eigenvalue weighted by Gasteiger charge is 2.27. The maximum atomic E-state index is 12.5. The lowest BCUT2D eigenvalue weighted by Crippen LogP contribution is -2.35. The third-order valence-corrected chi connectivity index (χ3v) is 5.11. The van der Waals surface area contributed by atoms with Gasteiger partial charge in [0, 0.05) is 25.8 Å². The molecule has 1 aliphatic rings. The Morgan fingerprint density at radius 2 is 2.25 bits per heavy atom. The largest absolute Gasteiger partial charge is 0.315 e. The van der Waals surface area contributed by atoms with Gasteiger partial charge >= 0.3 is 0 Å². The van der Waals surface area contributed by atoms with Crippen LogP contribution in [0, 0.1) is 0 Å². The smallest absolute Gasteiger partial charge is 0.246 e. The Hall–Kier alpha value is -1.18. The van der Waals surface area contributed by atoms with Crippen molar-refractivity contribution in [1.82, 2.24) is 19.4 Å². The summed E-state index contributed by atoms with van der Waals surface area (Å²) in [5.74, 6) is 0. The van der Waals surface area contributed by atoms with E-state index in [1.54, 1.807) is 10.9 Å². The summed E-state index contributed by atoms with van der Waals surface area (Å²) in [6.07, 6.45) is 5.92. The van der Waals surface area contributed by atoms with Gasteiger partial charge in [0.25, 0.3) is 0 Å². The molecular formula is C13H22N4O2S. The van der Waals surface area contributed by atoms with Crippen molar-refractivity contribution in [2.75, 3.05) is 26.2 Å². The first-order valence-corrected chi connectivity index (χ1v) is 8.37. The van der Waals surface area contributed by atoms with E-state index in [-0.39, 0.29) is 4.90 Å². The molecule has 0 unspecified atom stereocenters. The van der Waals surface area contributed by atoms with E-state index in [1.807, 2.05) is 13.8 Å². The number of nitrogens with zero attached hydrogens (tertiary/aromatic N) is 3. The molecule has 20 heavy (non-hydrogen) atoms. The molecular weight excluding hydrogens is 276 g/mol. The van der Waals surface area contributed by atoms with Crippen LogP contribution in [0.25, 0.3) is 0 Å². The summed E-state index contributed by atoms with van der Waals surface area (Å²) in [4.78, 5) is 0.281. The maximum absolute atomic E-state index is 12.5. The molecule has 1 aromatic heterocycles. The van der Waals surface area contributed by atoms with Gasteiger partial charge in [-0.3, -0.25) is 4.68 Å². The molecule has 6 nitrogen and oxygen atoms in total. The summed E-state index contributed by atoms with van der Waals surface area (Å²) in [5, 5.41) is 7.31. The molecule has 2 rings (SSSR count). The van der Waals surface area contributed by atoms with E-state index in [9.17, 15) is 8.42 Å². The molecule has 1 aliphatic heterocycles. The zero-order valence-electron chi connectivity index (χ0n) is 12.0. The van der Waals surface area contributed by atoms with Crippen LogP contribution in [-0.4, -0.2) is 48.7 Å². The number of rotatable bonds is 6. The minimum atomic E-state index is -3.42. The molecule has 1 aromatic rings. The lowest BCUT2D eigenvalue weighted by atomic mass is 10.2. The molecule has 0 aliphatic carbocycles. The van der Waals surface area contributed by atoms with E-state index in [4.69, 9.17) is 0 Å². The van der Waals surface area contributed by atoms with Crippen molar-refractivity contribution in [3.05, 3.63) is 24.0 Å². The zero-order valence-corrected chi connectivity index (χ0v) is 12.9. The van der Waals surface area contributed by atoms with Gasteiger partial charge in [-0.25, -0.2) is 8.42 Å². The number of likely N-dealkylation sites (N-methyl/N-ethyl adjacent to an activating group) is 1. The molecule has 0 spiro atoms. The second kappa shape index (κ2) is 6.51. The lowest BCUT2D eigenvalue weighted by molar-refractivity contribution is 0.427. The van der Waals surface area contributed by atoms with Crippen LogP contribution >= 0.6 is 0 Å². The van der Waals surface area contributed by atoms with Crippen LogP contribution in [-0.2, 0) is 16.6 Å². The topological polar surface area (TPSA) is 67.2 Å². The average Bonchev–Trinajstić information content (AvgIpc) is 2.88. The molecule has 1 N–H and O–H groups in total. The van der Waals surface area contributed by atoms with E-state index in [0.29, 0.717) is 19.6 Å². The number of hydrogen-bond donors (Lipinski definition) is 1. The van der Waals surface area contributed by atoms with Crippen molar-refractivity contribution in [2.45, 2.75) is 31.7 Å². The fraction of sp³-hybridized carbons (Fsp3) is 0.615. The summed E-state index contributed by atoms with van der Waals surface area (Å²) in [6, 6.07) is 0. The van der Waals surface area contributed by atoms with Crippen LogP contribution in [0.15, 0.2) is 28.9 Å². The van der Waals surface area contributed by atoms with Crippen LogP contribution in [0.2, 0.25) is 0 Å². The highest BCUT2D eigenvalue weighted by molar-refractivity contribution is 7.89. The normalized spacial score (nSPS) is 17.2. The molecule has 0 aromatic carbocycles. The summed E-state index contributed by atoms with van der Waals surface area (Å²) < 4.78 is 28.2. The zero-order chi connectivity index (χ0) is 14.6. The predicted molar refractivity (Wildman–Crippen MR) is 77.9 cm³/mol. The SMILES string of the molecule is CCNCCn1cc(S(=O)(=O)N2CCC=C(C)C2)cn1. The quantitative estimate of drug-likeness (QED) is 0.624. The Kier molecular flexibility index (Phi) is 4.95. The van der Waals surface area contributed by atoms with Crippen molar-refractivity contribution in [1.29, 1.82) is 0 Å². The van der Waals surface area contributed by atoms with Crippen molar-refractivity contribution in [3.8, 4) is 0 Å². The maximum Gasteiger partial charge on any atom is 0.246 e. The third-order valence-electron chi connectivity index (χ3n) is 3.31. The molecule has 0 radical (unpaired) electrons. The van der Waals surface area contributed by atoms with E-state index < -0.39 is 10.0 Å². The first-order valence-electron chi connectivity index (χ1n) is 6.93. The van der Waals surface area contributed by atoms with Crippen LogP contribution in [0.1, 0.15) is 20.3 Å². The molecule has 2 heterocycles. The molecule has 0 atom stereocenters. The van der Waals surface area contributed by atoms with Crippen LogP contribution in [0.3, 0.4) is 0 Å². The van der Waals surface area contributed by atoms with Crippen LogP contribution in [0.4, 0.5) is 0 Å². The van der Waals surface area contributed by atoms with Gasteiger partial charge in [0.05, 0.1) is 12.7 Å². The second-order valence-corrected chi connectivity index (χ2v) is 6.91. The molecule has 0 fully saturated rings. The van der Waals surface area contributed by atoms with Crippen molar-refractivity contribution >= 4 is 10.0 Å². The van der Waals surface area contributed by atoms with E-state index in [0.717, 1.165) is 25.1 Å². The molecule has 112 valence electrons. The first-order chi connectivity index (χ1) is 9.54. The predicted octanol–water partition coefficient (Wildman–Crippen LogP) is 0.833. The van der Waals surface area contributed by atoms with Crippen molar-refractivity contribution in [2.24, 2.45) is 0 Å². The number of hydrogen-bond acceptors (Lipinski definition) is 4. The highest BCUT2D eigenvalue weighted by Crippen LogP contribution is 2.19.